The zero-order chi connectivity index (χ0) is 18.1. The molecule has 0 radical (unpaired) electrons. The van der Waals surface area contributed by atoms with Gasteiger partial charge in [-0.25, -0.2) is 13.5 Å². The van der Waals surface area contributed by atoms with Crippen LogP contribution < -0.4 is 0 Å². The van der Waals surface area contributed by atoms with Crippen molar-refractivity contribution in [3.8, 4) is 5.69 Å². The zero-order valence-electron chi connectivity index (χ0n) is 14.2. The van der Waals surface area contributed by atoms with Crippen LogP contribution in [0.4, 0.5) is 8.78 Å². The molecule has 3 rings (SSSR count). The van der Waals surface area contributed by atoms with Gasteiger partial charge >= 0.3 is 0 Å². The molecule has 5 nitrogen and oxygen atoms in total. The van der Waals surface area contributed by atoms with Crippen molar-refractivity contribution in [2.75, 3.05) is 13.6 Å². The number of aromatic nitrogens is 2. The molecule has 0 aliphatic heterocycles. The van der Waals surface area contributed by atoms with Crippen LogP contribution in [0.3, 0.4) is 0 Å². The normalized spacial score (nSPS) is 20.0. The van der Waals surface area contributed by atoms with E-state index in [-0.39, 0.29) is 29.3 Å². The van der Waals surface area contributed by atoms with Gasteiger partial charge in [0.2, 0.25) is 0 Å². The lowest BCUT2D eigenvalue weighted by Crippen LogP contribution is -2.34. The topological polar surface area (TPSA) is 58.4 Å². The summed E-state index contributed by atoms with van der Waals surface area (Å²) < 4.78 is 28.3. The predicted molar refractivity (Wildman–Crippen MR) is 88.5 cm³/mol. The van der Waals surface area contributed by atoms with Crippen LogP contribution in [0.1, 0.15) is 35.4 Å². The number of hydrogen-bond acceptors (Lipinski definition) is 3. The van der Waals surface area contributed by atoms with Crippen LogP contribution in [0.2, 0.25) is 0 Å². The third-order valence-electron chi connectivity index (χ3n) is 4.72. The molecule has 2 unspecified atom stereocenters. The second kappa shape index (κ2) is 6.92. The summed E-state index contributed by atoms with van der Waals surface area (Å²) in [7, 11) is 1.67. The van der Waals surface area contributed by atoms with Gasteiger partial charge in [-0.05, 0) is 38.0 Å². The molecule has 1 aromatic carbocycles. The lowest BCUT2D eigenvalue weighted by molar-refractivity contribution is 0.0688. The summed E-state index contributed by atoms with van der Waals surface area (Å²) >= 11 is 0. The number of carbonyl (C=O) groups is 1. The molecular weight excluding hydrogens is 328 g/mol. The standard InChI is InChI=1S/C18H21F2N3O2/c1-11-8-15(18(25)22(2)10-12-4-3-5-17(12)24)21-23(11)16-7-6-13(19)9-14(16)20/h6-9,12,17,24H,3-5,10H2,1-2H3. The minimum absolute atomic E-state index is 0.0756. The van der Waals surface area contributed by atoms with Gasteiger partial charge in [-0.2, -0.15) is 5.10 Å². The van der Waals surface area contributed by atoms with Crippen molar-refractivity contribution in [2.45, 2.75) is 32.3 Å². The van der Waals surface area contributed by atoms with E-state index >= 15 is 0 Å². The van der Waals surface area contributed by atoms with Crippen LogP contribution >= 0.6 is 0 Å². The van der Waals surface area contributed by atoms with E-state index in [1.165, 1.54) is 15.6 Å². The summed E-state index contributed by atoms with van der Waals surface area (Å²) in [5.74, 6) is -1.63. The first-order valence-electron chi connectivity index (χ1n) is 8.32. The average molecular weight is 349 g/mol. The molecule has 1 aromatic heterocycles. The Morgan fingerprint density at radius 1 is 1.36 bits per heavy atom. The van der Waals surface area contributed by atoms with Crippen molar-refractivity contribution >= 4 is 5.91 Å². The Balaban J connectivity index is 1.80. The second-order valence-electron chi connectivity index (χ2n) is 6.62. The first kappa shape index (κ1) is 17.5. The summed E-state index contributed by atoms with van der Waals surface area (Å²) in [4.78, 5) is 14.1. The molecule has 0 saturated heterocycles. The van der Waals surface area contributed by atoms with Gasteiger partial charge in [-0.15, -0.1) is 0 Å². The lowest BCUT2D eigenvalue weighted by Gasteiger charge is -2.22. The van der Waals surface area contributed by atoms with Crippen molar-refractivity contribution in [2.24, 2.45) is 5.92 Å². The fourth-order valence-electron chi connectivity index (χ4n) is 3.34. The monoisotopic (exact) mass is 349 g/mol. The highest BCUT2D eigenvalue weighted by atomic mass is 19.1. The molecule has 2 atom stereocenters. The molecule has 1 saturated carbocycles. The molecule has 25 heavy (non-hydrogen) atoms. The first-order valence-corrected chi connectivity index (χ1v) is 8.32. The summed E-state index contributed by atoms with van der Waals surface area (Å²) in [6, 6.07) is 4.80. The fraction of sp³-hybridized carbons (Fsp3) is 0.444. The zero-order valence-corrected chi connectivity index (χ0v) is 14.2. The first-order chi connectivity index (χ1) is 11.9. The van der Waals surface area contributed by atoms with Gasteiger partial charge in [-0.3, -0.25) is 4.79 Å². The van der Waals surface area contributed by atoms with Crippen molar-refractivity contribution in [1.29, 1.82) is 0 Å². The van der Waals surface area contributed by atoms with E-state index in [1.54, 1.807) is 20.0 Å². The number of aliphatic hydroxyl groups is 1. The Morgan fingerprint density at radius 2 is 2.12 bits per heavy atom. The fourth-order valence-corrected chi connectivity index (χ4v) is 3.34. The molecule has 1 N–H and O–H groups in total. The van der Waals surface area contributed by atoms with E-state index in [9.17, 15) is 18.7 Å². The number of rotatable bonds is 4. The van der Waals surface area contributed by atoms with Crippen LogP contribution in [-0.4, -0.2) is 45.4 Å². The molecule has 134 valence electrons. The number of nitrogens with zero attached hydrogens (tertiary/aromatic N) is 3. The highest BCUT2D eigenvalue weighted by Crippen LogP contribution is 2.26. The highest BCUT2D eigenvalue weighted by Gasteiger charge is 2.28. The highest BCUT2D eigenvalue weighted by molar-refractivity contribution is 5.92. The van der Waals surface area contributed by atoms with Crippen molar-refractivity contribution in [1.82, 2.24) is 14.7 Å². The molecule has 2 aromatic rings. The minimum atomic E-state index is -0.743. The van der Waals surface area contributed by atoms with Crippen molar-refractivity contribution < 1.29 is 18.7 Å². The van der Waals surface area contributed by atoms with E-state index in [1.807, 2.05) is 0 Å². The Labute approximate surface area is 144 Å². The predicted octanol–water partition coefficient (Wildman–Crippen LogP) is 2.69. The molecule has 1 amide bonds. The van der Waals surface area contributed by atoms with E-state index in [0.29, 0.717) is 12.2 Å². The Kier molecular flexibility index (Phi) is 4.85. The van der Waals surface area contributed by atoms with Crippen LogP contribution in [-0.2, 0) is 0 Å². The molecule has 1 fully saturated rings. The van der Waals surface area contributed by atoms with Crippen LogP contribution in [0.25, 0.3) is 5.69 Å². The summed E-state index contributed by atoms with van der Waals surface area (Å²) in [5, 5.41) is 14.1. The number of hydrogen-bond donors (Lipinski definition) is 1. The third-order valence-corrected chi connectivity index (χ3v) is 4.72. The molecule has 1 aliphatic rings. The minimum Gasteiger partial charge on any atom is -0.393 e. The van der Waals surface area contributed by atoms with Crippen LogP contribution in [0.5, 0.6) is 0 Å². The summed E-state index contributed by atoms with van der Waals surface area (Å²) in [6.45, 7) is 2.16. The largest absolute Gasteiger partial charge is 0.393 e. The third kappa shape index (κ3) is 3.56. The van der Waals surface area contributed by atoms with Gasteiger partial charge < -0.3 is 10.0 Å². The molecule has 1 aliphatic carbocycles. The molecule has 1 heterocycles. The van der Waals surface area contributed by atoms with Gasteiger partial charge in [0.15, 0.2) is 11.5 Å². The summed E-state index contributed by atoms with van der Waals surface area (Å²) in [5.41, 5.74) is 0.853. The maximum Gasteiger partial charge on any atom is 0.274 e. The molecular formula is C18H21F2N3O2. The van der Waals surface area contributed by atoms with Gasteiger partial charge in [0.25, 0.3) is 5.91 Å². The lowest BCUT2D eigenvalue weighted by atomic mass is 10.1. The number of halogens is 2. The Hall–Kier alpha value is -2.28. The van der Waals surface area contributed by atoms with Crippen LogP contribution in [0.15, 0.2) is 24.3 Å². The SMILES string of the molecule is Cc1cc(C(=O)N(C)CC2CCCC2O)nn1-c1ccc(F)cc1F. The van der Waals surface area contributed by atoms with E-state index < -0.39 is 11.6 Å². The molecule has 0 bridgehead atoms. The van der Waals surface area contributed by atoms with E-state index in [0.717, 1.165) is 31.4 Å². The second-order valence-corrected chi connectivity index (χ2v) is 6.62. The van der Waals surface area contributed by atoms with Gasteiger partial charge in [0.05, 0.1) is 6.10 Å². The Morgan fingerprint density at radius 3 is 2.76 bits per heavy atom. The smallest absolute Gasteiger partial charge is 0.274 e. The number of aliphatic hydroxyl groups excluding tert-OH is 1. The molecule has 0 spiro atoms. The average Bonchev–Trinajstić information content (AvgIpc) is 3.13. The van der Waals surface area contributed by atoms with Gasteiger partial charge in [0, 0.05) is 31.3 Å². The maximum atomic E-state index is 14.0. The summed E-state index contributed by atoms with van der Waals surface area (Å²) in [6.07, 6.45) is 2.26. The number of carbonyl (C=O) groups excluding carboxylic acids is 1. The maximum absolute atomic E-state index is 14.0. The van der Waals surface area contributed by atoms with Crippen LogP contribution in [0, 0.1) is 24.5 Å². The molecule has 7 heteroatoms. The number of amides is 1. The van der Waals surface area contributed by atoms with Gasteiger partial charge in [0.1, 0.15) is 11.5 Å². The van der Waals surface area contributed by atoms with E-state index in [4.69, 9.17) is 0 Å². The number of benzene rings is 1. The number of aryl methyl sites for hydroxylation is 1. The van der Waals surface area contributed by atoms with E-state index in [2.05, 4.69) is 5.10 Å². The Bertz CT molecular complexity index is 791. The quantitative estimate of drug-likeness (QED) is 0.923. The van der Waals surface area contributed by atoms with Crippen molar-refractivity contribution in [3.63, 3.8) is 0 Å². The van der Waals surface area contributed by atoms with Gasteiger partial charge in [-0.1, -0.05) is 6.42 Å². The van der Waals surface area contributed by atoms with Crippen molar-refractivity contribution in [3.05, 3.63) is 47.3 Å².